The van der Waals surface area contributed by atoms with E-state index in [1.54, 1.807) is 9.80 Å². The Morgan fingerprint density at radius 3 is 2.27 bits per heavy atom. The number of para-hydroxylation sites is 1. The summed E-state index contributed by atoms with van der Waals surface area (Å²) in [5.41, 5.74) is 4.56. The van der Waals surface area contributed by atoms with Gasteiger partial charge in [-0.2, -0.15) is 0 Å². The highest BCUT2D eigenvalue weighted by Gasteiger charge is 2.42. The van der Waals surface area contributed by atoms with Crippen LogP contribution in [0.4, 0.5) is 10.5 Å². The second kappa shape index (κ2) is 16.2. The van der Waals surface area contributed by atoms with Gasteiger partial charge in [0.1, 0.15) is 6.04 Å². The highest BCUT2D eigenvalue weighted by atomic mass is 16.6. The van der Waals surface area contributed by atoms with Crippen LogP contribution in [0.2, 0.25) is 0 Å². The molecule has 0 spiro atoms. The molecule has 6 rings (SSSR count). The second-order valence-electron chi connectivity index (χ2n) is 13.7. The molecule has 0 aromatic heterocycles. The predicted molar refractivity (Wildman–Crippen MR) is 187 cm³/mol. The number of amides is 3. The van der Waals surface area contributed by atoms with E-state index in [1.807, 2.05) is 78.9 Å². The quantitative estimate of drug-likeness (QED) is 0.224. The van der Waals surface area contributed by atoms with E-state index in [-0.39, 0.29) is 37.9 Å². The van der Waals surface area contributed by atoms with Crippen LogP contribution in [-0.4, -0.2) is 70.6 Å². The van der Waals surface area contributed by atoms with Gasteiger partial charge in [-0.3, -0.25) is 19.3 Å². The number of carbonyl (C=O) groups is 4. The number of hydrogen-bond donors (Lipinski definition) is 1. The van der Waals surface area contributed by atoms with Gasteiger partial charge < -0.3 is 19.6 Å². The number of carboxylic acid groups (broad SMARTS) is 1. The molecule has 3 aliphatic rings. The number of aliphatic carboxylic acids is 1. The molecule has 1 aliphatic carbocycles. The summed E-state index contributed by atoms with van der Waals surface area (Å²) in [6, 6.07) is 23.7. The molecule has 0 radical (unpaired) electrons. The minimum absolute atomic E-state index is 0.184. The van der Waals surface area contributed by atoms with Crippen LogP contribution in [0.25, 0.3) is 0 Å². The summed E-state index contributed by atoms with van der Waals surface area (Å²) in [5.74, 6) is -0.925. The van der Waals surface area contributed by atoms with Crippen molar-refractivity contribution in [3.63, 3.8) is 0 Å². The summed E-state index contributed by atoms with van der Waals surface area (Å²) in [5, 5.41) is 9.70. The summed E-state index contributed by atoms with van der Waals surface area (Å²) in [4.78, 5) is 58.9. The molecule has 1 fully saturated rings. The van der Waals surface area contributed by atoms with Crippen LogP contribution in [0.3, 0.4) is 0 Å². The van der Waals surface area contributed by atoms with Crippen molar-refractivity contribution in [2.75, 3.05) is 24.6 Å². The summed E-state index contributed by atoms with van der Waals surface area (Å²) in [6.07, 6.45) is 8.69. The molecular weight excluding hydrogens is 618 g/mol. The van der Waals surface area contributed by atoms with Crippen LogP contribution in [-0.2, 0) is 44.9 Å². The van der Waals surface area contributed by atoms with Gasteiger partial charge in [0.05, 0.1) is 25.3 Å². The number of rotatable bonds is 12. The van der Waals surface area contributed by atoms with Crippen LogP contribution in [0.1, 0.15) is 73.6 Å². The van der Waals surface area contributed by atoms with Crippen molar-refractivity contribution >= 4 is 29.6 Å². The Labute approximate surface area is 288 Å². The fraction of sp³-hybridized carbons (Fsp3) is 0.450. The van der Waals surface area contributed by atoms with E-state index in [0.717, 1.165) is 35.1 Å². The summed E-state index contributed by atoms with van der Waals surface area (Å²) in [7, 11) is 0. The van der Waals surface area contributed by atoms with E-state index in [9.17, 15) is 24.3 Å². The van der Waals surface area contributed by atoms with E-state index in [1.165, 1.54) is 37.0 Å². The highest BCUT2D eigenvalue weighted by Crippen LogP contribution is 2.34. The predicted octanol–water partition coefficient (Wildman–Crippen LogP) is 6.41. The average Bonchev–Trinajstić information content (AvgIpc) is 3.51. The molecule has 3 aromatic carbocycles. The zero-order valence-electron chi connectivity index (χ0n) is 28.2. The number of hydrogen-bond acceptors (Lipinski definition) is 5. The van der Waals surface area contributed by atoms with Crippen LogP contribution < -0.4 is 4.90 Å². The molecule has 258 valence electrons. The maximum absolute atomic E-state index is 14.6. The third-order valence-electron chi connectivity index (χ3n) is 10.4. The Bertz CT molecular complexity index is 1620. The van der Waals surface area contributed by atoms with Crippen molar-refractivity contribution in [1.29, 1.82) is 0 Å². The third kappa shape index (κ3) is 8.50. The molecule has 1 N–H and O–H groups in total. The Balaban J connectivity index is 1.20. The first-order valence-corrected chi connectivity index (χ1v) is 17.8. The minimum Gasteiger partial charge on any atom is -0.481 e. The van der Waals surface area contributed by atoms with Crippen molar-refractivity contribution in [2.45, 2.75) is 89.3 Å². The Morgan fingerprint density at radius 1 is 0.816 bits per heavy atom. The first-order chi connectivity index (χ1) is 23.9. The number of carbonyl (C=O) groups excluding carboxylic acids is 3. The molecule has 2 aliphatic heterocycles. The van der Waals surface area contributed by atoms with Gasteiger partial charge in [0, 0.05) is 25.6 Å². The largest absolute Gasteiger partial charge is 0.481 e. The molecule has 0 unspecified atom stereocenters. The lowest BCUT2D eigenvalue weighted by atomic mass is 9.86. The first-order valence-electron chi connectivity index (χ1n) is 17.8. The van der Waals surface area contributed by atoms with E-state index in [0.29, 0.717) is 37.5 Å². The number of anilines is 1. The zero-order valence-corrected chi connectivity index (χ0v) is 28.2. The lowest BCUT2D eigenvalue weighted by molar-refractivity contribution is -0.145. The van der Waals surface area contributed by atoms with Crippen LogP contribution in [0.5, 0.6) is 0 Å². The number of benzene rings is 3. The number of nitrogens with zero attached hydrogens (tertiary/aromatic N) is 3. The van der Waals surface area contributed by atoms with Crippen LogP contribution in [0.15, 0.2) is 78.9 Å². The molecule has 1 saturated carbocycles. The smallest absolute Gasteiger partial charge is 0.415 e. The maximum atomic E-state index is 14.6. The molecule has 3 amide bonds. The topological polar surface area (TPSA) is 107 Å². The molecule has 3 aromatic rings. The molecule has 2 heterocycles. The fourth-order valence-electron chi connectivity index (χ4n) is 7.79. The van der Waals surface area contributed by atoms with E-state index < -0.39 is 24.1 Å². The second-order valence-corrected chi connectivity index (χ2v) is 13.7. The zero-order chi connectivity index (χ0) is 34.2. The molecule has 49 heavy (non-hydrogen) atoms. The van der Waals surface area contributed by atoms with Gasteiger partial charge in [-0.05, 0) is 59.9 Å². The monoisotopic (exact) mass is 665 g/mol. The summed E-state index contributed by atoms with van der Waals surface area (Å²) < 4.78 is 5.81. The lowest BCUT2D eigenvalue weighted by Crippen LogP contribution is -2.54. The van der Waals surface area contributed by atoms with Crippen molar-refractivity contribution in [3.05, 3.63) is 101 Å². The van der Waals surface area contributed by atoms with Crippen molar-refractivity contribution in [3.8, 4) is 0 Å². The standard InChI is InChI=1S/C40H47N3O6/c44-37(42-27-33-19-8-7-17-31(33)24-34(42)26-38(45)46)28-41(22-21-30-14-5-2-6-15-30)39(47)36-25-32-18-9-10-20-35(32)43(36)40(48)49-23-11-16-29-12-3-1-4-13-29/h2,5-10,14-15,17-20,29,34,36H,1,3-4,11-13,16,21-28H2,(H,45,46)/t34-,36-/m1/s1. The van der Waals surface area contributed by atoms with E-state index >= 15 is 0 Å². The fourth-order valence-corrected chi connectivity index (χ4v) is 7.79. The molecule has 2 atom stereocenters. The van der Waals surface area contributed by atoms with Crippen molar-refractivity contribution < 1.29 is 29.0 Å². The maximum Gasteiger partial charge on any atom is 0.415 e. The third-order valence-corrected chi connectivity index (χ3v) is 10.4. The summed E-state index contributed by atoms with van der Waals surface area (Å²) in [6.45, 7) is 0.620. The van der Waals surface area contributed by atoms with Crippen molar-refractivity contribution in [2.24, 2.45) is 5.92 Å². The lowest BCUT2D eigenvalue weighted by Gasteiger charge is -2.38. The SMILES string of the molecule is O=C(O)C[C@H]1Cc2ccccc2CN1C(=O)CN(CCc1ccccc1)C(=O)[C@H]1Cc2ccccc2N1C(=O)OCCCC1CCCCC1. The Hall–Kier alpha value is -4.66. The minimum atomic E-state index is -0.976. The normalized spacial score (nSPS) is 18.8. The van der Waals surface area contributed by atoms with Gasteiger partial charge in [0.2, 0.25) is 11.8 Å². The molecule has 0 bridgehead atoms. The van der Waals surface area contributed by atoms with Gasteiger partial charge in [0.15, 0.2) is 0 Å². The molecule has 9 heteroatoms. The van der Waals surface area contributed by atoms with Gasteiger partial charge in [-0.1, -0.05) is 105 Å². The first kappa shape index (κ1) is 34.2. The van der Waals surface area contributed by atoms with Crippen molar-refractivity contribution in [1.82, 2.24) is 9.80 Å². The molecular formula is C40H47N3O6. The van der Waals surface area contributed by atoms with Gasteiger partial charge in [-0.15, -0.1) is 0 Å². The van der Waals surface area contributed by atoms with E-state index in [4.69, 9.17) is 4.74 Å². The number of carboxylic acids is 1. The highest BCUT2D eigenvalue weighted by molar-refractivity contribution is 6.01. The Kier molecular flexibility index (Phi) is 11.3. The van der Waals surface area contributed by atoms with Crippen LogP contribution in [0, 0.1) is 5.92 Å². The average molecular weight is 666 g/mol. The van der Waals surface area contributed by atoms with Crippen LogP contribution >= 0.6 is 0 Å². The van der Waals surface area contributed by atoms with Gasteiger partial charge in [-0.25, -0.2) is 4.79 Å². The number of ether oxygens (including phenoxy) is 1. The molecule has 0 saturated heterocycles. The molecule has 9 nitrogen and oxygen atoms in total. The number of fused-ring (bicyclic) bond motifs is 2. The Morgan fingerprint density at radius 2 is 1.51 bits per heavy atom. The van der Waals surface area contributed by atoms with Gasteiger partial charge >= 0.3 is 12.1 Å². The van der Waals surface area contributed by atoms with E-state index in [2.05, 4.69) is 0 Å². The van der Waals surface area contributed by atoms with Gasteiger partial charge in [0.25, 0.3) is 0 Å². The summed E-state index contributed by atoms with van der Waals surface area (Å²) >= 11 is 0.